The lowest BCUT2D eigenvalue weighted by molar-refractivity contribution is -0.00461. The van der Waals surface area contributed by atoms with Crippen LogP contribution in [0.3, 0.4) is 0 Å². The molecule has 124 valence electrons. The third-order valence-corrected chi connectivity index (χ3v) is 6.61. The average Bonchev–Trinajstić information content (AvgIpc) is 3.06. The van der Waals surface area contributed by atoms with E-state index in [4.69, 9.17) is 9.47 Å². The van der Waals surface area contributed by atoms with E-state index in [9.17, 15) is 8.42 Å². The van der Waals surface area contributed by atoms with Crippen molar-refractivity contribution in [3.63, 3.8) is 0 Å². The highest BCUT2D eigenvalue weighted by atomic mass is 32.2. The van der Waals surface area contributed by atoms with E-state index >= 15 is 0 Å². The van der Waals surface area contributed by atoms with Crippen LogP contribution in [0, 0.1) is 0 Å². The largest absolute Gasteiger partial charge is 0.377 e. The molecule has 0 saturated carbocycles. The highest BCUT2D eigenvalue weighted by Gasteiger charge is 2.42. The van der Waals surface area contributed by atoms with Crippen molar-refractivity contribution >= 4 is 10.0 Å². The number of aryl methyl sites for hydroxylation is 2. The van der Waals surface area contributed by atoms with Crippen LogP contribution in [0.1, 0.15) is 24.1 Å². The molecule has 0 radical (unpaired) electrons. The minimum Gasteiger partial charge on any atom is -0.377 e. The molecule has 0 spiro atoms. The van der Waals surface area contributed by atoms with E-state index in [1.54, 1.807) is 21.3 Å². The Morgan fingerprint density at radius 2 is 1.68 bits per heavy atom. The standard InChI is InChI=1S/C14H23N3O4S/c1-16-14(10-6-4-5-7-11(10)15-16)22(18,19)17-8-12(20-2)13(9-17)21-3/h12-13H,4-9H2,1-3H3/t12-,13+. The molecule has 1 aliphatic heterocycles. The fourth-order valence-corrected chi connectivity index (χ4v) is 5.29. The van der Waals surface area contributed by atoms with E-state index in [1.807, 2.05) is 0 Å². The Balaban J connectivity index is 1.96. The number of rotatable bonds is 4. The molecule has 1 saturated heterocycles. The van der Waals surface area contributed by atoms with Crippen LogP contribution in [0.15, 0.2) is 5.03 Å². The highest BCUT2D eigenvalue weighted by molar-refractivity contribution is 7.89. The summed E-state index contributed by atoms with van der Waals surface area (Å²) >= 11 is 0. The van der Waals surface area contributed by atoms with Gasteiger partial charge in [0.1, 0.15) is 0 Å². The first-order valence-electron chi connectivity index (χ1n) is 7.59. The molecule has 1 fully saturated rings. The van der Waals surface area contributed by atoms with Crippen molar-refractivity contribution in [2.45, 2.75) is 42.9 Å². The number of hydrogen-bond donors (Lipinski definition) is 0. The second kappa shape index (κ2) is 5.92. The topological polar surface area (TPSA) is 73.7 Å². The van der Waals surface area contributed by atoms with Crippen molar-refractivity contribution < 1.29 is 17.9 Å². The monoisotopic (exact) mass is 329 g/mol. The number of sulfonamides is 1. The first kappa shape index (κ1) is 15.9. The smallest absolute Gasteiger partial charge is 0.260 e. The molecule has 2 atom stereocenters. The Bertz CT molecular complexity index is 643. The minimum absolute atomic E-state index is 0.233. The van der Waals surface area contributed by atoms with Gasteiger partial charge in [0.15, 0.2) is 5.03 Å². The molecule has 0 N–H and O–H groups in total. The van der Waals surface area contributed by atoms with Crippen LogP contribution in [0.2, 0.25) is 0 Å². The summed E-state index contributed by atoms with van der Waals surface area (Å²) in [6.45, 7) is 0.634. The van der Waals surface area contributed by atoms with E-state index < -0.39 is 10.0 Å². The Morgan fingerprint density at radius 3 is 2.27 bits per heavy atom. The molecule has 22 heavy (non-hydrogen) atoms. The number of methoxy groups -OCH3 is 2. The molecule has 2 aliphatic rings. The summed E-state index contributed by atoms with van der Waals surface area (Å²) in [5.74, 6) is 0. The van der Waals surface area contributed by atoms with Crippen LogP contribution in [0.5, 0.6) is 0 Å². The van der Waals surface area contributed by atoms with Gasteiger partial charge < -0.3 is 9.47 Å². The molecule has 1 aromatic heterocycles. The van der Waals surface area contributed by atoms with Crippen LogP contribution in [-0.2, 0) is 39.4 Å². The zero-order valence-corrected chi connectivity index (χ0v) is 14.1. The third-order valence-electron chi connectivity index (χ3n) is 4.63. The summed E-state index contributed by atoms with van der Waals surface area (Å²) in [5.41, 5.74) is 1.82. The summed E-state index contributed by atoms with van der Waals surface area (Å²) < 4.78 is 39.8. The number of hydrogen-bond acceptors (Lipinski definition) is 5. The molecule has 1 aliphatic carbocycles. The Kier molecular flexibility index (Phi) is 4.28. The SMILES string of the molecule is CO[C@H]1CN(S(=O)(=O)c2c3c(nn2C)CCCC3)C[C@H]1OC. The third kappa shape index (κ3) is 2.47. The molecule has 0 aromatic carbocycles. The zero-order valence-electron chi connectivity index (χ0n) is 13.3. The molecular formula is C14H23N3O4S. The molecule has 2 heterocycles. The summed E-state index contributed by atoms with van der Waals surface area (Å²) in [5, 5.41) is 4.76. The van der Waals surface area contributed by atoms with Gasteiger partial charge in [-0.1, -0.05) is 0 Å². The predicted molar refractivity (Wildman–Crippen MR) is 80.2 cm³/mol. The molecule has 0 bridgehead atoms. The van der Waals surface area contributed by atoms with Crippen molar-refractivity contribution in [2.24, 2.45) is 7.05 Å². The van der Waals surface area contributed by atoms with E-state index in [1.165, 1.54) is 8.99 Å². The maximum Gasteiger partial charge on any atom is 0.260 e. The zero-order chi connectivity index (χ0) is 15.9. The molecule has 8 heteroatoms. The summed E-state index contributed by atoms with van der Waals surface area (Å²) in [7, 11) is 1.30. The van der Waals surface area contributed by atoms with Gasteiger partial charge in [0, 0.05) is 39.9 Å². The molecule has 0 amide bonds. The van der Waals surface area contributed by atoms with Crippen molar-refractivity contribution in [3.05, 3.63) is 11.3 Å². The van der Waals surface area contributed by atoms with Crippen LogP contribution < -0.4 is 0 Å². The van der Waals surface area contributed by atoms with Gasteiger partial charge in [-0.05, 0) is 25.7 Å². The van der Waals surface area contributed by atoms with Gasteiger partial charge in [-0.15, -0.1) is 0 Å². The van der Waals surface area contributed by atoms with Crippen molar-refractivity contribution in [1.82, 2.24) is 14.1 Å². The van der Waals surface area contributed by atoms with Gasteiger partial charge in [0.2, 0.25) is 0 Å². The normalized spacial score (nSPS) is 26.3. The fraction of sp³-hybridized carbons (Fsp3) is 0.786. The lowest BCUT2D eigenvalue weighted by atomic mass is 9.99. The summed E-state index contributed by atoms with van der Waals surface area (Å²) in [4.78, 5) is 0. The Labute approximate surface area is 131 Å². The molecule has 0 unspecified atom stereocenters. The first-order chi connectivity index (χ1) is 10.5. The van der Waals surface area contributed by atoms with Gasteiger partial charge in [0.05, 0.1) is 17.9 Å². The number of nitrogens with zero attached hydrogens (tertiary/aromatic N) is 3. The fourth-order valence-electron chi connectivity index (χ4n) is 3.46. The van der Waals surface area contributed by atoms with Crippen molar-refractivity contribution in [1.29, 1.82) is 0 Å². The van der Waals surface area contributed by atoms with Gasteiger partial charge in [-0.2, -0.15) is 9.40 Å². The molecule has 1 aromatic rings. The van der Waals surface area contributed by atoms with E-state index in [0.717, 1.165) is 36.9 Å². The highest BCUT2D eigenvalue weighted by Crippen LogP contribution is 2.31. The predicted octanol–water partition coefficient (Wildman–Crippen LogP) is 0.333. The van der Waals surface area contributed by atoms with Gasteiger partial charge in [-0.25, -0.2) is 8.42 Å². The summed E-state index contributed by atoms with van der Waals surface area (Å²) in [6, 6.07) is 0. The lowest BCUT2D eigenvalue weighted by Crippen LogP contribution is -2.32. The molecular weight excluding hydrogens is 306 g/mol. The van der Waals surface area contributed by atoms with Crippen LogP contribution in [-0.4, -0.2) is 62.0 Å². The Hall–Kier alpha value is -0.960. The van der Waals surface area contributed by atoms with Crippen LogP contribution in [0.25, 0.3) is 0 Å². The van der Waals surface area contributed by atoms with Crippen LogP contribution in [0.4, 0.5) is 0 Å². The van der Waals surface area contributed by atoms with Crippen molar-refractivity contribution in [3.8, 4) is 0 Å². The maximum absolute atomic E-state index is 13.1. The van der Waals surface area contributed by atoms with Crippen molar-refractivity contribution in [2.75, 3.05) is 27.3 Å². The van der Waals surface area contributed by atoms with Gasteiger partial charge in [0.25, 0.3) is 10.0 Å². The van der Waals surface area contributed by atoms with Crippen LogP contribution >= 0.6 is 0 Å². The first-order valence-corrected chi connectivity index (χ1v) is 9.03. The van der Waals surface area contributed by atoms with E-state index in [0.29, 0.717) is 18.1 Å². The number of fused-ring (bicyclic) bond motifs is 1. The second-order valence-electron chi connectivity index (χ2n) is 5.93. The molecule has 3 rings (SSSR count). The van der Waals surface area contributed by atoms with Gasteiger partial charge >= 0.3 is 0 Å². The van der Waals surface area contributed by atoms with Gasteiger partial charge in [-0.3, -0.25) is 4.68 Å². The average molecular weight is 329 g/mol. The quantitative estimate of drug-likeness (QED) is 0.796. The molecule has 7 nitrogen and oxygen atoms in total. The lowest BCUT2D eigenvalue weighted by Gasteiger charge is -2.18. The minimum atomic E-state index is -3.58. The van der Waals surface area contributed by atoms with E-state index in [-0.39, 0.29) is 12.2 Å². The number of aromatic nitrogens is 2. The second-order valence-corrected chi connectivity index (χ2v) is 7.78. The number of ether oxygens (including phenoxy) is 2. The Morgan fingerprint density at radius 1 is 1.09 bits per heavy atom. The van der Waals surface area contributed by atoms with E-state index in [2.05, 4.69) is 5.10 Å². The maximum atomic E-state index is 13.1. The summed E-state index contributed by atoms with van der Waals surface area (Å²) in [6.07, 6.45) is 3.27.